The predicted molar refractivity (Wildman–Crippen MR) is 83.8 cm³/mol. The second-order valence-corrected chi connectivity index (χ2v) is 4.34. The summed E-state index contributed by atoms with van der Waals surface area (Å²) in [5, 5.41) is 0. The normalized spacial score (nSPS) is 11.5. The molecule has 0 aliphatic carbocycles. The molecule has 0 fully saturated rings. The molecule has 0 unspecified atom stereocenters. The molecule has 0 saturated carbocycles. The number of carbonyl (C=O) groups is 1. The molecule has 0 radical (unpaired) electrons. The molecule has 22 heavy (non-hydrogen) atoms. The lowest BCUT2D eigenvalue weighted by molar-refractivity contribution is 0.0511. The van der Waals surface area contributed by atoms with Crippen LogP contribution in [-0.4, -0.2) is 33.4 Å². The number of benzene rings is 1. The fraction of sp³-hybridized carbons (Fsp3) is 0.353. The van der Waals surface area contributed by atoms with Gasteiger partial charge >= 0.3 is 0 Å². The molecule has 5 heteroatoms. The molecule has 0 aliphatic rings. The van der Waals surface area contributed by atoms with Crippen molar-refractivity contribution >= 4 is 5.78 Å². The zero-order chi connectivity index (χ0) is 16.2. The van der Waals surface area contributed by atoms with Crippen LogP contribution < -0.4 is 4.74 Å². The minimum absolute atomic E-state index is 0.142. The first-order valence-electron chi connectivity index (χ1n) is 6.98. The van der Waals surface area contributed by atoms with Crippen molar-refractivity contribution in [2.45, 2.75) is 13.3 Å². The molecule has 0 aliphatic heterocycles. The zero-order valence-corrected chi connectivity index (χ0v) is 13.2. The SMILES string of the molecule is CC/C=C(/CO/C=C/C(=O)c1ccc(OCOC)cc1)OC. The van der Waals surface area contributed by atoms with E-state index in [2.05, 4.69) is 0 Å². The van der Waals surface area contributed by atoms with Crippen LogP contribution in [0.1, 0.15) is 23.7 Å². The van der Waals surface area contributed by atoms with E-state index in [1.54, 1.807) is 38.5 Å². The van der Waals surface area contributed by atoms with Crippen molar-refractivity contribution in [3.8, 4) is 5.75 Å². The number of hydrogen-bond donors (Lipinski definition) is 0. The highest BCUT2D eigenvalue weighted by Crippen LogP contribution is 2.13. The second kappa shape index (κ2) is 10.5. The van der Waals surface area contributed by atoms with Crippen LogP contribution >= 0.6 is 0 Å². The monoisotopic (exact) mass is 306 g/mol. The summed E-state index contributed by atoms with van der Waals surface area (Å²) in [6, 6.07) is 6.81. The highest BCUT2D eigenvalue weighted by Gasteiger charge is 2.02. The van der Waals surface area contributed by atoms with E-state index < -0.39 is 0 Å². The molecule has 0 bridgehead atoms. The molecule has 1 rings (SSSR count). The van der Waals surface area contributed by atoms with Crippen molar-refractivity contribution in [1.82, 2.24) is 0 Å². The van der Waals surface area contributed by atoms with Crippen LogP contribution in [-0.2, 0) is 14.2 Å². The van der Waals surface area contributed by atoms with Gasteiger partial charge in [-0.05, 0) is 36.8 Å². The molecule has 0 spiro atoms. The molecule has 0 N–H and O–H groups in total. The third-order valence-electron chi connectivity index (χ3n) is 2.72. The predicted octanol–water partition coefficient (Wildman–Crippen LogP) is 3.32. The quantitative estimate of drug-likeness (QED) is 0.287. The van der Waals surface area contributed by atoms with Gasteiger partial charge in [-0.2, -0.15) is 0 Å². The Morgan fingerprint density at radius 3 is 2.50 bits per heavy atom. The van der Waals surface area contributed by atoms with E-state index in [4.69, 9.17) is 18.9 Å². The summed E-state index contributed by atoms with van der Waals surface area (Å²) in [5.74, 6) is 1.24. The molecule has 0 aromatic heterocycles. The first kappa shape index (κ1) is 17.8. The van der Waals surface area contributed by atoms with Crippen LogP contribution in [0.5, 0.6) is 5.75 Å². The van der Waals surface area contributed by atoms with Crippen LogP contribution in [0, 0.1) is 0 Å². The summed E-state index contributed by atoms with van der Waals surface area (Å²) >= 11 is 0. The first-order valence-corrected chi connectivity index (χ1v) is 6.98. The van der Waals surface area contributed by atoms with Crippen molar-refractivity contribution in [2.75, 3.05) is 27.6 Å². The molecule has 0 heterocycles. The number of ketones is 1. The lowest BCUT2D eigenvalue weighted by Gasteiger charge is -2.05. The molecule has 0 saturated heterocycles. The number of methoxy groups -OCH3 is 2. The fourth-order valence-electron chi connectivity index (χ4n) is 1.61. The largest absolute Gasteiger partial charge is 0.498 e. The number of carbonyl (C=O) groups excluding carboxylic acids is 1. The van der Waals surface area contributed by atoms with Gasteiger partial charge in [0.05, 0.1) is 13.4 Å². The molecule has 0 amide bonds. The van der Waals surface area contributed by atoms with Gasteiger partial charge in [0.15, 0.2) is 12.6 Å². The van der Waals surface area contributed by atoms with E-state index in [0.717, 1.165) is 12.2 Å². The topological polar surface area (TPSA) is 54.0 Å². The Balaban J connectivity index is 2.47. The standard InChI is InChI=1S/C17H22O5/c1-4-5-16(20-3)12-21-11-10-17(18)14-6-8-15(9-7-14)22-13-19-2/h5-11H,4,12-13H2,1-3H3/b11-10+,16-5-. The maximum atomic E-state index is 11.9. The van der Waals surface area contributed by atoms with Gasteiger partial charge in [-0.15, -0.1) is 0 Å². The Morgan fingerprint density at radius 1 is 1.18 bits per heavy atom. The summed E-state index contributed by atoms with van der Waals surface area (Å²) in [6.07, 6.45) is 5.55. The Hall–Kier alpha value is -2.27. The highest BCUT2D eigenvalue weighted by molar-refractivity contribution is 6.04. The summed E-state index contributed by atoms with van der Waals surface area (Å²) < 4.78 is 20.5. The third kappa shape index (κ3) is 6.45. The van der Waals surface area contributed by atoms with Gasteiger partial charge < -0.3 is 18.9 Å². The molecule has 5 nitrogen and oxygen atoms in total. The number of hydrogen-bond acceptors (Lipinski definition) is 5. The molecule has 1 aromatic carbocycles. The molecular weight excluding hydrogens is 284 g/mol. The van der Waals surface area contributed by atoms with E-state index in [-0.39, 0.29) is 12.6 Å². The van der Waals surface area contributed by atoms with E-state index in [9.17, 15) is 4.79 Å². The maximum Gasteiger partial charge on any atom is 0.188 e. The highest BCUT2D eigenvalue weighted by atomic mass is 16.7. The minimum Gasteiger partial charge on any atom is -0.498 e. The van der Waals surface area contributed by atoms with E-state index >= 15 is 0 Å². The van der Waals surface area contributed by atoms with Crippen LogP contribution in [0.3, 0.4) is 0 Å². The Bertz CT molecular complexity index is 502. The molecule has 1 aromatic rings. The fourth-order valence-corrected chi connectivity index (χ4v) is 1.61. The van der Waals surface area contributed by atoms with Crippen LogP contribution in [0.25, 0.3) is 0 Å². The first-order chi connectivity index (χ1) is 10.7. The smallest absolute Gasteiger partial charge is 0.188 e. The summed E-state index contributed by atoms with van der Waals surface area (Å²) in [6.45, 7) is 2.49. The van der Waals surface area contributed by atoms with Crippen molar-refractivity contribution in [3.63, 3.8) is 0 Å². The van der Waals surface area contributed by atoms with Crippen molar-refractivity contribution in [3.05, 3.63) is 54.0 Å². The molecule has 120 valence electrons. The lowest BCUT2D eigenvalue weighted by atomic mass is 10.1. The Kier molecular flexibility index (Phi) is 8.45. The van der Waals surface area contributed by atoms with Crippen LogP contribution in [0.15, 0.2) is 48.4 Å². The van der Waals surface area contributed by atoms with Gasteiger partial charge in [0.2, 0.25) is 0 Å². The van der Waals surface area contributed by atoms with Crippen molar-refractivity contribution in [2.24, 2.45) is 0 Å². The number of rotatable bonds is 10. The Morgan fingerprint density at radius 2 is 1.91 bits per heavy atom. The van der Waals surface area contributed by atoms with E-state index in [0.29, 0.717) is 17.9 Å². The van der Waals surface area contributed by atoms with Gasteiger partial charge in [0, 0.05) is 18.7 Å². The van der Waals surface area contributed by atoms with Gasteiger partial charge in [0.25, 0.3) is 0 Å². The lowest BCUT2D eigenvalue weighted by Crippen LogP contribution is -2.00. The van der Waals surface area contributed by atoms with Crippen LogP contribution in [0.2, 0.25) is 0 Å². The maximum absolute atomic E-state index is 11.9. The zero-order valence-electron chi connectivity index (χ0n) is 13.2. The Labute approximate surface area is 131 Å². The second-order valence-electron chi connectivity index (χ2n) is 4.34. The number of allylic oxidation sites excluding steroid dienone is 2. The van der Waals surface area contributed by atoms with Crippen molar-refractivity contribution < 1.29 is 23.7 Å². The van der Waals surface area contributed by atoms with Crippen molar-refractivity contribution in [1.29, 1.82) is 0 Å². The van der Waals surface area contributed by atoms with Gasteiger partial charge in [0.1, 0.15) is 18.1 Å². The molecule has 0 atom stereocenters. The van der Waals surface area contributed by atoms with E-state index in [1.807, 2.05) is 13.0 Å². The van der Waals surface area contributed by atoms with Gasteiger partial charge in [-0.25, -0.2) is 0 Å². The number of ether oxygens (including phenoxy) is 4. The van der Waals surface area contributed by atoms with Crippen LogP contribution in [0.4, 0.5) is 0 Å². The average Bonchev–Trinajstić information content (AvgIpc) is 2.56. The van der Waals surface area contributed by atoms with Gasteiger partial charge in [-0.3, -0.25) is 4.79 Å². The summed E-state index contributed by atoms with van der Waals surface area (Å²) in [7, 11) is 3.14. The van der Waals surface area contributed by atoms with E-state index in [1.165, 1.54) is 12.3 Å². The van der Waals surface area contributed by atoms with Gasteiger partial charge in [-0.1, -0.05) is 6.92 Å². The average molecular weight is 306 g/mol. The third-order valence-corrected chi connectivity index (χ3v) is 2.72. The summed E-state index contributed by atoms with van der Waals surface area (Å²) in [5.41, 5.74) is 0.556. The summed E-state index contributed by atoms with van der Waals surface area (Å²) in [4.78, 5) is 11.9. The molecular formula is C17H22O5. The minimum atomic E-state index is -0.142.